The molecule has 4 atom stereocenters. The molecular weight excluding hydrogens is 496 g/mol. The number of aryl methyl sites for hydroxylation is 2. The summed E-state index contributed by atoms with van der Waals surface area (Å²) in [4.78, 5) is 6.40. The molecule has 4 rings (SSSR count). The van der Waals surface area contributed by atoms with Gasteiger partial charge in [-0.05, 0) is 84.7 Å². The van der Waals surface area contributed by atoms with Gasteiger partial charge in [0, 0.05) is 37.0 Å². The van der Waals surface area contributed by atoms with Gasteiger partial charge in [0.2, 0.25) is 5.88 Å². The summed E-state index contributed by atoms with van der Waals surface area (Å²) in [5.41, 5.74) is 2.50. The first kappa shape index (κ1) is 28.8. The number of nitrogens with zero attached hydrogens (tertiary/aromatic N) is 2. The molecule has 210 valence electrons. The smallest absolute Gasteiger partial charge is 0.212 e. The van der Waals surface area contributed by atoms with E-state index in [1.54, 1.807) is 43.6 Å². The Bertz CT molecular complexity index is 1250. The highest BCUT2D eigenvalue weighted by Gasteiger charge is 2.41. The number of benzene rings is 2. The number of ether oxygens (including phenoxy) is 1. The van der Waals surface area contributed by atoms with Gasteiger partial charge in [-0.1, -0.05) is 26.0 Å². The number of methoxy groups -OCH3 is 1. The van der Waals surface area contributed by atoms with Crippen molar-refractivity contribution in [1.29, 1.82) is 0 Å². The third-order valence-corrected chi connectivity index (χ3v) is 8.03. The molecule has 5 N–H and O–H groups in total. The van der Waals surface area contributed by atoms with Crippen molar-refractivity contribution < 1.29 is 30.3 Å². The highest BCUT2D eigenvalue weighted by molar-refractivity contribution is 5.38. The molecule has 1 aromatic heterocycles. The summed E-state index contributed by atoms with van der Waals surface area (Å²) >= 11 is 0. The van der Waals surface area contributed by atoms with E-state index in [0.717, 1.165) is 16.7 Å². The molecule has 4 unspecified atom stereocenters. The average molecular weight is 537 g/mol. The lowest BCUT2D eigenvalue weighted by atomic mass is 9.79. The molecule has 2 aromatic carbocycles. The van der Waals surface area contributed by atoms with Crippen LogP contribution < -0.4 is 4.74 Å². The summed E-state index contributed by atoms with van der Waals surface area (Å²) in [7, 11) is 1.54. The second-order valence-corrected chi connectivity index (χ2v) is 10.5. The lowest BCUT2D eigenvalue weighted by molar-refractivity contribution is -0.0712. The largest absolute Gasteiger partial charge is 0.508 e. The normalized spacial score (nSPS) is 21.4. The molecule has 8 heteroatoms. The molecule has 0 spiro atoms. The van der Waals surface area contributed by atoms with Crippen LogP contribution in [0.1, 0.15) is 73.1 Å². The fraction of sp³-hybridized carbons (Fsp3) is 0.452. The van der Waals surface area contributed by atoms with Crippen molar-refractivity contribution in [2.24, 2.45) is 0 Å². The van der Waals surface area contributed by atoms with Crippen LogP contribution in [0.5, 0.6) is 17.4 Å². The van der Waals surface area contributed by atoms with Gasteiger partial charge in [0.25, 0.3) is 0 Å². The predicted molar refractivity (Wildman–Crippen MR) is 149 cm³/mol. The monoisotopic (exact) mass is 536 g/mol. The van der Waals surface area contributed by atoms with Crippen molar-refractivity contribution in [2.45, 2.75) is 69.8 Å². The maximum atomic E-state index is 11.7. The van der Waals surface area contributed by atoms with Crippen molar-refractivity contribution in [3.63, 3.8) is 0 Å². The minimum Gasteiger partial charge on any atom is -0.508 e. The third kappa shape index (κ3) is 6.53. The van der Waals surface area contributed by atoms with Gasteiger partial charge in [0.15, 0.2) is 0 Å². The summed E-state index contributed by atoms with van der Waals surface area (Å²) < 4.78 is 5.17. The summed E-state index contributed by atoms with van der Waals surface area (Å²) in [5, 5.41) is 54.3. The Hall–Kier alpha value is -3.17. The molecule has 3 aromatic rings. The highest BCUT2D eigenvalue weighted by atomic mass is 16.5. The summed E-state index contributed by atoms with van der Waals surface area (Å²) in [6, 6.07) is 13.6. The van der Waals surface area contributed by atoms with Crippen molar-refractivity contribution in [3.05, 3.63) is 82.5 Å². The second-order valence-electron chi connectivity index (χ2n) is 10.5. The zero-order chi connectivity index (χ0) is 28.2. The average Bonchev–Trinajstić information content (AvgIpc) is 2.95. The maximum absolute atomic E-state index is 11.7. The molecule has 0 amide bonds. The molecule has 1 aliphatic rings. The summed E-state index contributed by atoms with van der Waals surface area (Å²) in [6.45, 7) is 4.73. The van der Waals surface area contributed by atoms with Crippen LogP contribution in [0.25, 0.3) is 0 Å². The van der Waals surface area contributed by atoms with E-state index in [4.69, 9.17) is 4.74 Å². The minimum atomic E-state index is -1.15. The molecule has 1 fully saturated rings. The topological polar surface area (TPSA) is 127 Å². The Labute approximate surface area is 230 Å². The second kappa shape index (κ2) is 12.3. The number of pyridine rings is 1. The van der Waals surface area contributed by atoms with Crippen molar-refractivity contribution in [2.75, 3.05) is 20.2 Å². The number of likely N-dealkylation sites (tertiary alicyclic amines) is 1. The van der Waals surface area contributed by atoms with Crippen LogP contribution in [0.2, 0.25) is 0 Å². The number of rotatable bonds is 10. The molecule has 1 aliphatic heterocycles. The summed E-state index contributed by atoms with van der Waals surface area (Å²) in [6.07, 6.45) is 2.43. The highest BCUT2D eigenvalue weighted by Crippen LogP contribution is 2.40. The Kier molecular flexibility index (Phi) is 9.12. The standard InChI is InChI=1S/C31H40N2O6/c1-4-20-14-22(6-9-26(20)34)28(36)16-25-17-31(38,24-8-11-30(39-3)32-18-24)12-13-33(25)19-29(37)23-7-10-27(35)21(5-2)15-23/h6-11,14-15,18,25,28-29,34-38H,4-5,12-13,16-17,19H2,1-3H3. The summed E-state index contributed by atoms with van der Waals surface area (Å²) in [5.74, 6) is 0.887. The van der Waals surface area contributed by atoms with Gasteiger partial charge in [-0.2, -0.15) is 0 Å². The zero-order valence-corrected chi connectivity index (χ0v) is 22.9. The van der Waals surface area contributed by atoms with E-state index in [9.17, 15) is 25.5 Å². The molecule has 8 nitrogen and oxygen atoms in total. The molecule has 2 heterocycles. The Balaban J connectivity index is 1.59. The van der Waals surface area contributed by atoms with Crippen LogP contribution in [0.3, 0.4) is 0 Å². The molecule has 0 aliphatic carbocycles. The number of aromatic hydroxyl groups is 2. The maximum Gasteiger partial charge on any atom is 0.212 e. The zero-order valence-electron chi connectivity index (χ0n) is 22.9. The van der Waals surface area contributed by atoms with Crippen molar-refractivity contribution >= 4 is 0 Å². The number of aromatic nitrogens is 1. The molecule has 39 heavy (non-hydrogen) atoms. The van der Waals surface area contributed by atoms with Crippen LogP contribution in [-0.2, 0) is 18.4 Å². The first-order valence-corrected chi connectivity index (χ1v) is 13.6. The van der Waals surface area contributed by atoms with Crippen LogP contribution in [0, 0.1) is 0 Å². The number of aliphatic hydroxyl groups is 3. The SMILES string of the molecule is CCc1cc(C(O)CC2CC(O)(c3ccc(OC)nc3)CCN2CC(O)c2ccc(O)c(CC)c2)ccc1O. The quantitative estimate of drug-likeness (QED) is 0.262. The number of β-amino-alcohol motifs (C(OH)–C–C–N with tert-alkyl or cyclic N) is 1. The molecule has 0 bridgehead atoms. The van der Waals surface area contributed by atoms with E-state index in [1.807, 2.05) is 32.0 Å². The number of phenols is 2. The first-order chi connectivity index (χ1) is 18.7. The lowest BCUT2D eigenvalue weighted by Gasteiger charge is -2.45. The van der Waals surface area contributed by atoms with Crippen LogP contribution in [0.15, 0.2) is 54.7 Å². The van der Waals surface area contributed by atoms with Gasteiger partial charge < -0.3 is 30.3 Å². The van der Waals surface area contributed by atoms with Gasteiger partial charge in [0.05, 0.1) is 24.9 Å². The van der Waals surface area contributed by atoms with Gasteiger partial charge in [-0.3, -0.25) is 4.90 Å². The van der Waals surface area contributed by atoms with Crippen LogP contribution in [0.4, 0.5) is 0 Å². The molecular formula is C31H40N2O6. The minimum absolute atomic E-state index is 0.206. The lowest BCUT2D eigenvalue weighted by Crippen LogP contribution is -2.50. The Morgan fingerprint density at radius 3 is 2.10 bits per heavy atom. The number of aliphatic hydroxyl groups excluding tert-OH is 2. The van der Waals surface area contributed by atoms with E-state index in [-0.39, 0.29) is 17.5 Å². The predicted octanol–water partition coefficient (Wildman–Crippen LogP) is 4.14. The van der Waals surface area contributed by atoms with E-state index >= 15 is 0 Å². The van der Waals surface area contributed by atoms with Gasteiger partial charge >= 0.3 is 0 Å². The Morgan fingerprint density at radius 1 is 0.949 bits per heavy atom. The van der Waals surface area contributed by atoms with Crippen LogP contribution >= 0.6 is 0 Å². The molecule has 0 saturated carbocycles. The fourth-order valence-electron chi connectivity index (χ4n) is 5.56. The fourth-order valence-corrected chi connectivity index (χ4v) is 5.56. The van der Waals surface area contributed by atoms with Crippen LogP contribution in [-0.4, -0.2) is 61.7 Å². The first-order valence-electron chi connectivity index (χ1n) is 13.6. The van der Waals surface area contributed by atoms with E-state index < -0.39 is 17.8 Å². The number of piperidine rings is 1. The van der Waals surface area contributed by atoms with Gasteiger partial charge in [0.1, 0.15) is 11.5 Å². The Morgan fingerprint density at radius 2 is 1.56 bits per heavy atom. The van der Waals surface area contributed by atoms with E-state index in [1.165, 1.54) is 0 Å². The molecule has 1 saturated heterocycles. The number of hydrogen-bond donors (Lipinski definition) is 5. The van der Waals surface area contributed by atoms with Crippen molar-refractivity contribution in [3.8, 4) is 17.4 Å². The van der Waals surface area contributed by atoms with E-state index in [0.29, 0.717) is 62.2 Å². The van der Waals surface area contributed by atoms with Gasteiger partial charge in [-0.15, -0.1) is 0 Å². The number of hydrogen-bond acceptors (Lipinski definition) is 8. The van der Waals surface area contributed by atoms with E-state index in [2.05, 4.69) is 9.88 Å². The van der Waals surface area contributed by atoms with Crippen molar-refractivity contribution in [1.82, 2.24) is 9.88 Å². The molecule has 0 radical (unpaired) electrons. The number of phenolic OH excluding ortho intramolecular Hbond substituents is 2. The van der Waals surface area contributed by atoms with Gasteiger partial charge in [-0.25, -0.2) is 4.98 Å². The third-order valence-electron chi connectivity index (χ3n) is 8.03.